The number of rotatable bonds is 6. The number of thiazole rings is 1. The molecule has 3 heterocycles. The van der Waals surface area contributed by atoms with Gasteiger partial charge in [-0.2, -0.15) is 0 Å². The van der Waals surface area contributed by atoms with Gasteiger partial charge in [-0.25, -0.2) is 17.7 Å². The van der Waals surface area contributed by atoms with E-state index in [2.05, 4.69) is 0 Å². The Morgan fingerprint density at radius 1 is 1.28 bits per heavy atom. The number of aromatic nitrogens is 1. The van der Waals surface area contributed by atoms with Crippen LogP contribution >= 0.6 is 11.3 Å². The van der Waals surface area contributed by atoms with Gasteiger partial charge in [-0.3, -0.25) is 9.69 Å². The number of nitrogens with zero attached hydrogens (tertiary/aromatic N) is 3. The number of sulfonamides is 1. The molecule has 0 spiro atoms. The van der Waals surface area contributed by atoms with Gasteiger partial charge >= 0.3 is 0 Å². The molecule has 0 saturated carbocycles. The summed E-state index contributed by atoms with van der Waals surface area (Å²) in [7, 11) is -3.20. The van der Waals surface area contributed by atoms with E-state index in [1.807, 2.05) is 24.3 Å². The summed E-state index contributed by atoms with van der Waals surface area (Å²) in [5, 5.41) is 0.704. The molecule has 1 aromatic carbocycles. The Morgan fingerprint density at radius 2 is 2.03 bits per heavy atom. The number of amides is 1. The average molecular weight is 438 g/mol. The first kappa shape index (κ1) is 20.7. The fourth-order valence-corrected chi connectivity index (χ4v) is 6.13. The minimum atomic E-state index is -3.20. The molecule has 4 rings (SSSR count). The van der Waals surface area contributed by atoms with Crippen molar-refractivity contribution in [2.75, 3.05) is 36.9 Å². The smallest absolute Gasteiger partial charge is 0.232 e. The molecule has 2 aromatic rings. The summed E-state index contributed by atoms with van der Waals surface area (Å²) in [6.07, 6.45) is 3.09. The van der Waals surface area contributed by atoms with Crippen molar-refractivity contribution < 1.29 is 17.9 Å². The second-order valence-corrected chi connectivity index (χ2v) is 10.9. The Morgan fingerprint density at radius 3 is 2.69 bits per heavy atom. The van der Waals surface area contributed by atoms with Gasteiger partial charge in [0.1, 0.15) is 0 Å². The molecule has 1 atom stereocenters. The first-order chi connectivity index (χ1) is 14.0. The monoisotopic (exact) mass is 437 g/mol. The molecule has 2 fully saturated rings. The largest absolute Gasteiger partial charge is 0.376 e. The third kappa shape index (κ3) is 4.47. The van der Waals surface area contributed by atoms with Crippen LogP contribution in [0.5, 0.6) is 0 Å². The summed E-state index contributed by atoms with van der Waals surface area (Å²) in [5.41, 5.74) is 0.890. The molecule has 0 radical (unpaired) electrons. The van der Waals surface area contributed by atoms with Gasteiger partial charge < -0.3 is 4.74 Å². The summed E-state index contributed by atoms with van der Waals surface area (Å²) in [6.45, 7) is 3.70. The highest BCUT2D eigenvalue weighted by Crippen LogP contribution is 2.32. The lowest BCUT2D eigenvalue weighted by molar-refractivity contribution is -0.123. The number of para-hydroxylation sites is 1. The highest BCUT2D eigenvalue weighted by Gasteiger charge is 2.35. The van der Waals surface area contributed by atoms with Crippen molar-refractivity contribution >= 4 is 42.6 Å². The van der Waals surface area contributed by atoms with E-state index < -0.39 is 10.0 Å². The minimum Gasteiger partial charge on any atom is -0.376 e. The normalized spacial score (nSPS) is 21.6. The summed E-state index contributed by atoms with van der Waals surface area (Å²) in [4.78, 5) is 19.9. The Labute approximate surface area is 175 Å². The van der Waals surface area contributed by atoms with E-state index >= 15 is 0 Å². The Hall–Kier alpha value is -1.55. The molecule has 7 nitrogen and oxygen atoms in total. The number of hydrogen-bond acceptors (Lipinski definition) is 6. The Kier molecular flexibility index (Phi) is 6.19. The zero-order chi connectivity index (χ0) is 20.4. The van der Waals surface area contributed by atoms with Gasteiger partial charge in [0.25, 0.3) is 0 Å². The molecule has 2 saturated heterocycles. The quantitative estimate of drug-likeness (QED) is 0.694. The molecular formula is C20H27N3O4S2. The zero-order valence-electron chi connectivity index (χ0n) is 16.6. The van der Waals surface area contributed by atoms with Gasteiger partial charge in [0.2, 0.25) is 15.9 Å². The standard InChI is InChI=1S/C20H27N3O4S2/c1-2-29(25,26)22-11-9-15(10-12-22)19(24)23(14-16-6-5-13-27-16)20-21-17-7-3-4-8-18(17)28-20/h3-4,7-8,15-16H,2,5-6,9-14H2,1H3. The zero-order valence-corrected chi connectivity index (χ0v) is 18.3. The number of anilines is 1. The van der Waals surface area contributed by atoms with E-state index in [1.54, 1.807) is 11.8 Å². The van der Waals surface area contributed by atoms with Crippen LogP contribution in [0.1, 0.15) is 32.6 Å². The summed E-state index contributed by atoms with van der Waals surface area (Å²) in [5.74, 6) is -0.0533. The van der Waals surface area contributed by atoms with Crippen LogP contribution in [-0.2, 0) is 19.6 Å². The van der Waals surface area contributed by atoms with Crippen molar-refractivity contribution in [3.63, 3.8) is 0 Å². The fraction of sp³-hybridized carbons (Fsp3) is 0.600. The second kappa shape index (κ2) is 8.67. The summed E-state index contributed by atoms with van der Waals surface area (Å²) < 4.78 is 32.6. The lowest BCUT2D eigenvalue weighted by Crippen LogP contribution is -2.46. The SMILES string of the molecule is CCS(=O)(=O)N1CCC(C(=O)N(CC2CCCO2)c2nc3ccccc3s2)CC1. The van der Waals surface area contributed by atoms with Crippen LogP contribution in [0.3, 0.4) is 0 Å². The van der Waals surface area contributed by atoms with Gasteiger partial charge in [-0.1, -0.05) is 23.5 Å². The van der Waals surface area contributed by atoms with Crippen LogP contribution in [0, 0.1) is 5.92 Å². The molecule has 9 heteroatoms. The number of carbonyl (C=O) groups excluding carboxylic acids is 1. The predicted octanol–water partition coefficient (Wildman–Crippen LogP) is 2.87. The molecule has 0 aliphatic carbocycles. The lowest BCUT2D eigenvalue weighted by Gasteiger charge is -2.33. The molecule has 0 N–H and O–H groups in total. The molecule has 158 valence electrons. The molecule has 0 bridgehead atoms. The van der Waals surface area contributed by atoms with E-state index in [4.69, 9.17) is 9.72 Å². The van der Waals surface area contributed by atoms with E-state index in [1.165, 1.54) is 15.6 Å². The molecule has 1 aromatic heterocycles. The number of carbonyl (C=O) groups is 1. The molecule has 29 heavy (non-hydrogen) atoms. The van der Waals surface area contributed by atoms with Crippen LogP contribution in [0.4, 0.5) is 5.13 Å². The molecule has 1 unspecified atom stereocenters. The number of piperidine rings is 1. The van der Waals surface area contributed by atoms with Crippen LogP contribution in [0.25, 0.3) is 10.2 Å². The van der Waals surface area contributed by atoms with Crippen LogP contribution < -0.4 is 4.90 Å². The number of fused-ring (bicyclic) bond motifs is 1. The van der Waals surface area contributed by atoms with E-state index in [-0.39, 0.29) is 23.7 Å². The highest BCUT2D eigenvalue weighted by molar-refractivity contribution is 7.89. The van der Waals surface area contributed by atoms with E-state index in [0.29, 0.717) is 37.6 Å². The minimum absolute atomic E-state index is 0.0338. The molecule has 2 aliphatic heterocycles. The Balaban J connectivity index is 1.53. The number of benzene rings is 1. The lowest BCUT2D eigenvalue weighted by atomic mass is 9.96. The van der Waals surface area contributed by atoms with Gasteiger partial charge in [0.15, 0.2) is 5.13 Å². The third-order valence-corrected chi connectivity index (χ3v) is 8.69. The first-order valence-corrected chi connectivity index (χ1v) is 12.7. The van der Waals surface area contributed by atoms with Crippen molar-refractivity contribution in [3.8, 4) is 0 Å². The third-order valence-electron chi connectivity index (χ3n) is 5.75. The second-order valence-electron chi connectivity index (χ2n) is 7.62. The van der Waals surface area contributed by atoms with Gasteiger partial charge in [-0.15, -0.1) is 0 Å². The maximum Gasteiger partial charge on any atom is 0.232 e. The van der Waals surface area contributed by atoms with Crippen LogP contribution in [0.2, 0.25) is 0 Å². The average Bonchev–Trinajstić information content (AvgIpc) is 3.41. The highest BCUT2D eigenvalue weighted by atomic mass is 32.2. The van der Waals surface area contributed by atoms with Crippen LogP contribution in [-0.4, -0.2) is 61.7 Å². The number of hydrogen-bond donors (Lipinski definition) is 0. The molecular weight excluding hydrogens is 410 g/mol. The summed E-state index contributed by atoms with van der Waals surface area (Å²) in [6, 6.07) is 7.89. The van der Waals surface area contributed by atoms with Gasteiger partial charge in [-0.05, 0) is 44.7 Å². The van der Waals surface area contributed by atoms with E-state index in [0.717, 1.165) is 29.7 Å². The summed E-state index contributed by atoms with van der Waals surface area (Å²) >= 11 is 1.52. The van der Waals surface area contributed by atoms with Crippen molar-refractivity contribution in [1.29, 1.82) is 0 Å². The molecule has 1 amide bonds. The van der Waals surface area contributed by atoms with Gasteiger partial charge in [0.05, 0.1) is 28.6 Å². The number of ether oxygens (including phenoxy) is 1. The van der Waals surface area contributed by atoms with E-state index in [9.17, 15) is 13.2 Å². The van der Waals surface area contributed by atoms with Crippen molar-refractivity contribution in [2.45, 2.75) is 38.7 Å². The fourth-order valence-electron chi connectivity index (χ4n) is 4.01. The van der Waals surface area contributed by atoms with Crippen LogP contribution in [0.15, 0.2) is 24.3 Å². The molecule has 2 aliphatic rings. The van der Waals surface area contributed by atoms with Crippen molar-refractivity contribution in [1.82, 2.24) is 9.29 Å². The Bertz CT molecular complexity index is 928. The van der Waals surface area contributed by atoms with Crippen molar-refractivity contribution in [2.24, 2.45) is 5.92 Å². The van der Waals surface area contributed by atoms with Crippen molar-refractivity contribution in [3.05, 3.63) is 24.3 Å². The maximum atomic E-state index is 13.5. The first-order valence-electron chi connectivity index (χ1n) is 10.2. The predicted molar refractivity (Wildman–Crippen MR) is 115 cm³/mol. The topological polar surface area (TPSA) is 79.8 Å². The van der Waals surface area contributed by atoms with Gasteiger partial charge in [0, 0.05) is 25.6 Å². The maximum absolute atomic E-state index is 13.5.